The number of rotatable bonds is 9. The normalized spacial score (nSPS) is 11.4. The van der Waals surface area contributed by atoms with E-state index in [1.807, 2.05) is 6.92 Å². The lowest BCUT2D eigenvalue weighted by molar-refractivity contribution is 0.155. The largest absolute Gasteiger partial charge is 0.380 e. The number of nitrogens with one attached hydrogen (secondary N) is 2. The van der Waals surface area contributed by atoms with Gasteiger partial charge in [-0.05, 0) is 38.0 Å². The van der Waals surface area contributed by atoms with E-state index in [1.54, 1.807) is 0 Å². The van der Waals surface area contributed by atoms with Crippen molar-refractivity contribution in [1.29, 1.82) is 0 Å². The lowest BCUT2D eigenvalue weighted by Crippen LogP contribution is -2.38. The molecule has 0 spiro atoms. The summed E-state index contributed by atoms with van der Waals surface area (Å²) in [6, 6.07) is 8.65. The molecule has 0 aliphatic carbocycles. The summed E-state index contributed by atoms with van der Waals surface area (Å²) in [5, 5.41) is 6.60. The summed E-state index contributed by atoms with van der Waals surface area (Å²) in [6.45, 7) is 7.87. The molecule has 5 nitrogen and oxygen atoms in total. The van der Waals surface area contributed by atoms with Crippen LogP contribution in [0.5, 0.6) is 0 Å². The summed E-state index contributed by atoms with van der Waals surface area (Å²) in [7, 11) is 4.11. The van der Waals surface area contributed by atoms with Gasteiger partial charge in [-0.15, -0.1) is 0 Å². The smallest absolute Gasteiger partial charge is 0.191 e. The molecule has 0 aliphatic rings. The Morgan fingerprint density at radius 3 is 2.45 bits per heavy atom. The van der Waals surface area contributed by atoms with Crippen molar-refractivity contribution in [3.05, 3.63) is 29.8 Å². The van der Waals surface area contributed by atoms with Crippen LogP contribution in [0.2, 0.25) is 0 Å². The Hall–Kier alpha value is -1.75. The number of aliphatic imine (C=N–C) groups is 1. The molecule has 2 N–H and O–H groups in total. The molecule has 0 saturated heterocycles. The molecule has 0 bridgehead atoms. The van der Waals surface area contributed by atoms with E-state index in [0.29, 0.717) is 13.2 Å². The lowest BCUT2D eigenvalue weighted by atomic mass is 10.1. The second-order valence-corrected chi connectivity index (χ2v) is 5.20. The first-order valence-corrected chi connectivity index (χ1v) is 8.03. The number of benzene rings is 1. The van der Waals surface area contributed by atoms with E-state index in [9.17, 15) is 0 Å². The van der Waals surface area contributed by atoms with Crippen molar-refractivity contribution in [1.82, 2.24) is 10.6 Å². The highest BCUT2D eigenvalue weighted by atomic mass is 16.5. The predicted molar refractivity (Wildman–Crippen MR) is 94.9 cm³/mol. The molecule has 0 aromatic heterocycles. The molecule has 1 rings (SSSR count). The van der Waals surface area contributed by atoms with Gasteiger partial charge >= 0.3 is 0 Å². The van der Waals surface area contributed by atoms with Crippen molar-refractivity contribution in [3.63, 3.8) is 0 Å². The topological polar surface area (TPSA) is 48.9 Å². The van der Waals surface area contributed by atoms with E-state index in [4.69, 9.17) is 4.74 Å². The average molecular weight is 306 g/mol. The molecule has 0 unspecified atom stereocenters. The summed E-state index contributed by atoms with van der Waals surface area (Å²) in [6.07, 6.45) is 0.976. The predicted octanol–water partition coefficient (Wildman–Crippen LogP) is 1.89. The Bertz CT molecular complexity index is 429. The number of anilines is 1. The van der Waals surface area contributed by atoms with Gasteiger partial charge in [0.05, 0.1) is 13.2 Å². The zero-order chi connectivity index (χ0) is 16.2. The molecular weight excluding hydrogens is 276 g/mol. The molecule has 0 heterocycles. The summed E-state index contributed by atoms with van der Waals surface area (Å²) in [5.41, 5.74) is 2.55. The fourth-order valence-corrected chi connectivity index (χ4v) is 1.99. The summed E-state index contributed by atoms with van der Waals surface area (Å²) < 4.78 is 5.30. The number of ether oxygens (including phenoxy) is 1. The molecule has 124 valence electrons. The van der Waals surface area contributed by atoms with Gasteiger partial charge in [-0.25, -0.2) is 0 Å². The zero-order valence-electron chi connectivity index (χ0n) is 14.4. The monoisotopic (exact) mass is 306 g/mol. The van der Waals surface area contributed by atoms with Gasteiger partial charge in [0.15, 0.2) is 5.96 Å². The Balaban J connectivity index is 2.38. The molecular formula is C17H30N4O. The Morgan fingerprint density at radius 2 is 1.86 bits per heavy atom. The number of guanidine groups is 1. The van der Waals surface area contributed by atoms with Gasteiger partial charge in [0.1, 0.15) is 0 Å². The third kappa shape index (κ3) is 7.31. The molecule has 0 fully saturated rings. The van der Waals surface area contributed by atoms with Crippen LogP contribution in [0, 0.1) is 0 Å². The molecule has 5 heteroatoms. The Labute approximate surface area is 134 Å². The van der Waals surface area contributed by atoms with Gasteiger partial charge in [0.25, 0.3) is 0 Å². The van der Waals surface area contributed by atoms with Gasteiger partial charge in [-0.1, -0.05) is 12.1 Å². The van der Waals surface area contributed by atoms with E-state index < -0.39 is 0 Å². The number of hydrogen-bond acceptors (Lipinski definition) is 3. The van der Waals surface area contributed by atoms with Crippen LogP contribution >= 0.6 is 0 Å². The van der Waals surface area contributed by atoms with E-state index in [1.165, 1.54) is 11.3 Å². The maximum atomic E-state index is 5.30. The van der Waals surface area contributed by atoms with Crippen LogP contribution < -0.4 is 15.5 Å². The highest BCUT2D eigenvalue weighted by molar-refractivity contribution is 5.79. The second-order valence-electron chi connectivity index (χ2n) is 5.20. The van der Waals surface area contributed by atoms with E-state index >= 15 is 0 Å². The molecule has 1 aromatic carbocycles. The van der Waals surface area contributed by atoms with Gasteiger partial charge in [0.2, 0.25) is 0 Å². The van der Waals surface area contributed by atoms with Gasteiger partial charge in [-0.3, -0.25) is 4.99 Å². The van der Waals surface area contributed by atoms with Crippen LogP contribution in [-0.4, -0.2) is 52.9 Å². The van der Waals surface area contributed by atoms with Crippen LogP contribution in [0.1, 0.15) is 19.4 Å². The zero-order valence-corrected chi connectivity index (χ0v) is 14.4. The maximum absolute atomic E-state index is 5.30. The quantitative estimate of drug-likeness (QED) is 0.415. The third-order valence-corrected chi connectivity index (χ3v) is 3.21. The fraction of sp³-hybridized carbons (Fsp3) is 0.588. The van der Waals surface area contributed by atoms with Crippen molar-refractivity contribution in [2.45, 2.75) is 20.3 Å². The van der Waals surface area contributed by atoms with Gasteiger partial charge < -0.3 is 20.3 Å². The summed E-state index contributed by atoms with van der Waals surface area (Å²) in [5.74, 6) is 0.854. The van der Waals surface area contributed by atoms with Gasteiger partial charge in [-0.2, -0.15) is 0 Å². The summed E-state index contributed by atoms with van der Waals surface area (Å²) >= 11 is 0. The van der Waals surface area contributed by atoms with Crippen molar-refractivity contribution < 1.29 is 4.74 Å². The van der Waals surface area contributed by atoms with Crippen LogP contribution in [0.25, 0.3) is 0 Å². The first-order valence-electron chi connectivity index (χ1n) is 8.03. The fourth-order valence-electron chi connectivity index (χ4n) is 1.99. The molecule has 1 aromatic rings. The van der Waals surface area contributed by atoms with Crippen molar-refractivity contribution in [2.24, 2.45) is 4.99 Å². The Kier molecular flexibility index (Phi) is 9.07. The number of nitrogens with zero attached hydrogens (tertiary/aromatic N) is 2. The van der Waals surface area contributed by atoms with Crippen LogP contribution in [0.3, 0.4) is 0 Å². The van der Waals surface area contributed by atoms with Crippen LogP contribution in [-0.2, 0) is 11.2 Å². The minimum Gasteiger partial charge on any atom is -0.380 e. The second kappa shape index (κ2) is 10.9. The highest BCUT2D eigenvalue weighted by Crippen LogP contribution is 2.12. The van der Waals surface area contributed by atoms with Crippen LogP contribution in [0.4, 0.5) is 5.69 Å². The molecule has 22 heavy (non-hydrogen) atoms. The van der Waals surface area contributed by atoms with Crippen LogP contribution in [0.15, 0.2) is 29.3 Å². The average Bonchev–Trinajstić information content (AvgIpc) is 2.52. The highest BCUT2D eigenvalue weighted by Gasteiger charge is 1.99. The first-order chi connectivity index (χ1) is 10.7. The van der Waals surface area contributed by atoms with Crippen molar-refractivity contribution >= 4 is 11.6 Å². The van der Waals surface area contributed by atoms with E-state index in [-0.39, 0.29) is 0 Å². The SMILES string of the molecule is CCNC(=NCCOCC)NCCc1ccc(N(C)C)cc1. The third-order valence-electron chi connectivity index (χ3n) is 3.21. The maximum Gasteiger partial charge on any atom is 0.191 e. The Morgan fingerprint density at radius 1 is 1.14 bits per heavy atom. The molecule has 0 atom stereocenters. The summed E-state index contributed by atoms with van der Waals surface area (Å²) in [4.78, 5) is 6.59. The van der Waals surface area contributed by atoms with E-state index in [2.05, 4.69) is 65.8 Å². The first kappa shape index (κ1) is 18.3. The minimum absolute atomic E-state index is 0.666. The molecule has 0 amide bonds. The molecule has 0 aliphatic heterocycles. The van der Waals surface area contributed by atoms with Crippen molar-refractivity contribution in [2.75, 3.05) is 51.8 Å². The molecule has 0 saturated carbocycles. The number of hydrogen-bond donors (Lipinski definition) is 2. The minimum atomic E-state index is 0.666. The van der Waals surface area contributed by atoms with Crippen molar-refractivity contribution in [3.8, 4) is 0 Å². The molecule has 0 radical (unpaired) electrons. The lowest BCUT2D eigenvalue weighted by Gasteiger charge is -2.13. The van der Waals surface area contributed by atoms with Gasteiger partial charge in [0, 0.05) is 39.5 Å². The van der Waals surface area contributed by atoms with E-state index in [0.717, 1.165) is 32.1 Å². The standard InChI is InChI=1S/C17H30N4O/c1-5-18-17(20-13-14-22-6-2)19-12-11-15-7-9-16(10-8-15)21(3)4/h7-10H,5-6,11-14H2,1-4H3,(H2,18,19,20).